The molecule has 0 saturated carbocycles. The zero-order chi connectivity index (χ0) is 31.0. The number of fused-ring (bicyclic) bond motifs is 4. The Bertz CT molecular complexity index is 2340. The second-order valence-corrected chi connectivity index (χ2v) is 12.6. The average Bonchev–Trinajstić information content (AvgIpc) is 3.62. The lowest BCUT2D eigenvalue weighted by Gasteiger charge is -2.25. The van der Waals surface area contributed by atoms with Crippen molar-refractivity contribution in [2.75, 3.05) is 4.90 Å². The number of para-hydroxylation sites is 2. The van der Waals surface area contributed by atoms with E-state index in [-0.39, 0.29) is 0 Å². The summed E-state index contributed by atoms with van der Waals surface area (Å²) >= 11 is 1.86. The summed E-state index contributed by atoms with van der Waals surface area (Å²) in [5.41, 5.74) is 10.5. The Balaban J connectivity index is 1.24. The van der Waals surface area contributed by atoms with Crippen molar-refractivity contribution in [1.82, 2.24) is 4.57 Å². The number of nitrogens with zero attached hydrogens (tertiary/aromatic N) is 2. The second-order valence-electron chi connectivity index (χ2n) is 11.5. The van der Waals surface area contributed by atoms with Crippen LogP contribution in [0.5, 0.6) is 0 Å². The van der Waals surface area contributed by atoms with E-state index in [9.17, 15) is 0 Å². The Morgan fingerprint density at radius 1 is 0.587 bits per heavy atom. The second kappa shape index (κ2) is 11.7. The normalized spacial score (nSPS) is 11.6. The van der Waals surface area contributed by atoms with Gasteiger partial charge in [0.05, 0.1) is 5.52 Å². The summed E-state index contributed by atoms with van der Waals surface area (Å²) in [5, 5.41) is 3.87. The van der Waals surface area contributed by atoms with Crippen molar-refractivity contribution < 1.29 is 0 Å². The fourth-order valence-electron chi connectivity index (χ4n) is 6.59. The Labute approximate surface area is 273 Å². The molecular formula is C43H32N2S. The number of thiophene rings is 1. The van der Waals surface area contributed by atoms with E-state index in [1.54, 1.807) is 0 Å². The molecule has 0 N–H and O–H groups in total. The van der Waals surface area contributed by atoms with Crippen molar-refractivity contribution in [2.45, 2.75) is 6.92 Å². The number of anilines is 3. The highest BCUT2D eigenvalue weighted by Crippen LogP contribution is 2.39. The quantitative estimate of drug-likeness (QED) is 0.163. The van der Waals surface area contributed by atoms with E-state index in [1.807, 2.05) is 23.5 Å². The van der Waals surface area contributed by atoms with Crippen LogP contribution in [0.2, 0.25) is 0 Å². The van der Waals surface area contributed by atoms with E-state index in [0.717, 1.165) is 22.7 Å². The zero-order valence-corrected chi connectivity index (χ0v) is 26.4. The highest BCUT2D eigenvalue weighted by molar-refractivity contribution is 7.25. The fourth-order valence-corrected chi connectivity index (χ4v) is 7.67. The van der Waals surface area contributed by atoms with Crippen molar-refractivity contribution in [3.8, 4) is 16.8 Å². The lowest BCUT2D eigenvalue weighted by Crippen LogP contribution is -2.09. The number of hydrogen-bond donors (Lipinski definition) is 0. The summed E-state index contributed by atoms with van der Waals surface area (Å²) in [6.07, 6.45) is 6.06. The fraction of sp³-hybridized carbons (Fsp3) is 0.0233. The van der Waals surface area contributed by atoms with Gasteiger partial charge >= 0.3 is 0 Å². The van der Waals surface area contributed by atoms with Crippen LogP contribution < -0.4 is 4.90 Å². The lowest BCUT2D eigenvalue weighted by molar-refractivity contribution is 1.05. The summed E-state index contributed by atoms with van der Waals surface area (Å²) in [4.78, 5) is 2.29. The molecule has 220 valence electrons. The molecule has 8 aromatic rings. The van der Waals surface area contributed by atoms with Gasteiger partial charge in [0.1, 0.15) is 0 Å². The molecule has 0 fully saturated rings. The summed E-state index contributed by atoms with van der Waals surface area (Å²) in [7, 11) is 0. The molecule has 0 saturated heterocycles. The van der Waals surface area contributed by atoms with E-state index < -0.39 is 0 Å². The molecule has 3 heteroatoms. The van der Waals surface area contributed by atoms with Gasteiger partial charge in [-0.05, 0) is 96.9 Å². The molecule has 8 rings (SSSR count). The van der Waals surface area contributed by atoms with Crippen LogP contribution in [0.4, 0.5) is 17.1 Å². The van der Waals surface area contributed by atoms with E-state index in [2.05, 4.69) is 175 Å². The summed E-state index contributed by atoms with van der Waals surface area (Å²) in [6, 6.07) is 52.4. The molecule has 0 atom stereocenters. The Kier molecular flexibility index (Phi) is 7.09. The average molecular weight is 609 g/mol. The molecule has 6 aromatic carbocycles. The molecule has 2 heterocycles. The highest BCUT2D eigenvalue weighted by atomic mass is 32.1. The van der Waals surface area contributed by atoms with Crippen LogP contribution in [-0.2, 0) is 0 Å². The zero-order valence-electron chi connectivity index (χ0n) is 25.6. The Morgan fingerprint density at radius 2 is 1.17 bits per heavy atom. The van der Waals surface area contributed by atoms with E-state index in [4.69, 9.17) is 0 Å². The van der Waals surface area contributed by atoms with Gasteiger partial charge in [-0.15, -0.1) is 11.3 Å². The van der Waals surface area contributed by atoms with E-state index >= 15 is 0 Å². The minimum absolute atomic E-state index is 1.11. The maximum atomic E-state index is 3.94. The first kappa shape index (κ1) is 27.9. The van der Waals surface area contributed by atoms with Gasteiger partial charge in [-0.25, -0.2) is 0 Å². The molecule has 2 nitrogen and oxygen atoms in total. The number of benzene rings is 6. The molecule has 0 aliphatic rings. The molecule has 0 aliphatic heterocycles. The van der Waals surface area contributed by atoms with Gasteiger partial charge in [0.25, 0.3) is 0 Å². The number of hydrogen-bond acceptors (Lipinski definition) is 2. The maximum Gasteiger partial charge on any atom is 0.0538 e. The predicted molar refractivity (Wildman–Crippen MR) is 200 cm³/mol. The summed E-state index contributed by atoms with van der Waals surface area (Å²) in [5.74, 6) is 0. The van der Waals surface area contributed by atoms with Crippen LogP contribution >= 0.6 is 11.3 Å². The third-order valence-electron chi connectivity index (χ3n) is 8.76. The van der Waals surface area contributed by atoms with Gasteiger partial charge in [0.2, 0.25) is 0 Å². The van der Waals surface area contributed by atoms with Crippen LogP contribution in [0.25, 0.3) is 54.0 Å². The molecule has 0 radical (unpaired) electrons. The van der Waals surface area contributed by atoms with Crippen molar-refractivity contribution in [3.63, 3.8) is 0 Å². The smallest absolute Gasteiger partial charge is 0.0538 e. The number of rotatable bonds is 7. The third kappa shape index (κ3) is 4.82. The number of allylic oxidation sites excluding steroid dienone is 2. The maximum absolute atomic E-state index is 3.94. The molecule has 0 bridgehead atoms. The topological polar surface area (TPSA) is 8.17 Å². The van der Waals surface area contributed by atoms with Crippen LogP contribution in [-0.4, -0.2) is 4.57 Å². The van der Waals surface area contributed by atoms with Crippen LogP contribution in [0.15, 0.2) is 164 Å². The van der Waals surface area contributed by atoms with Crippen LogP contribution in [0.1, 0.15) is 11.3 Å². The first-order valence-electron chi connectivity index (χ1n) is 15.6. The van der Waals surface area contributed by atoms with Gasteiger partial charge in [-0.1, -0.05) is 91.5 Å². The standard InChI is InChI=1S/C43H32N2S/c1-3-4-17-37-30(2)44(35-22-24-36(25-23-35)45(33-13-7-5-8-14-33)34-15-9-6-10-16-34)41-26-20-31(28-39(37)41)32-21-27-43-40(29-32)38-18-11-12-19-42(38)46-43/h3-29H,1H2,2H3/b17-4-. The highest BCUT2D eigenvalue weighted by Gasteiger charge is 2.17. The van der Waals surface area contributed by atoms with Gasteiger partial charge in [0, 0.05) is 59.6 Å². The van der Waals surface area contributed by atoms with Crippen LogP contribution in [0, 0.1) is 6.92 Å². The van der Waals surface area contributed by atoms with Gasteiger partial charge in [0.15, 0.2) is 0 Å². The van der Waals surface area contributed by atoms with Gasteiger partial charge in [-0.2, -0.15) is 0 Å². The van der Waals surface area contributed by atoms with Crippen molar-refractivity contribution in [3.05, 3.63) is 176 Å². The SMILES string of the molecule is C=C/C=C\c1c(C)n(-c2ccc(N(c3ccccc3)c3ccccc3)cc2)c2ccc(-c3ccc4sc5ccccc5c4c3)cc12. The number of aromatic nitrogens is 1. The van der Waals surface area contributed by atoms with Gasteiger partial charge in [-0.3, -0.25) is 0 Å². The largest absolute Gasteiger partial charge is 0.313 e. The van der Waals surface area contributed by atoms with E-state index in [0.29, 0.717) is 0 Å². The molecular weight excluding hydrogens is 577 g/mol. The molecule has 0 amide bonds. The summed E-state index contributed by atoms with van der Waals surface area (Å²) in [6.45, 7) is 6.15. The minimum atomic E-state index is 1.11. The minimum Gasteiger partial charge on any atom is -0.313 e. The molecule has 46 heavy (non-hydrogen) atoms. The van der Waals surface area contributed by atoms with Crippen molar-refractivity contribution in [1.29, 1.82) is 0 Å². The lowest BCUT2D eigenvalue weighted by atomic mass is 10.00. The monoisotopic (exact) mass is 608 g/mol. The Hall–Kier alpha value is -5.64. The van der Waals surface area contributed by atoms with Crippen molar-refractivity contribution in [2.24, 2.45) is 0 Å². The van der Waals surface area contributed by atoms with Crippen LogP contribution in [0.3, 0.4) is 0 Å². The third-order valence-corrected chi connectivity index (χ3v) is 9.91. The molecule has 2 aromatic heterocycles. The predicted octanol–water partition coefficient (Wildman–Crippen LogP) is 12.6. The molecule has 0 unspecified atom stereocenters. The van der Waals surface area contributed by atoms with Gasteiger partial charge < -0.3 is 9.47 Å². The first-order valence-corrected chi connectivity index (χ1v) is 16.4. The molecule has 0 aliphatic carbocycles. The Morgan fingerprint density at radius 3 is 1.87 bits per heavy atom. The summed E-state index contributed by atoms with van der Waals surface area (Å²) < 4.78 is 5.02. The first-order chi connectivity index (χ1) is 22.7. The van der Waals surface area contributed by atoms with E-state index in [1.165, 1.54) is 53.5 Å². The molecule has 0 spiro atoms. The van der Waals surface area contributed by atoms with Crippen molar-refractivity contribution >= 4 is 65.6 Å².